The lowest BCUT2D eigenvalue weighted by Gasteiger charge is -2.21. The van der Waals surface area contributed by atoms with E-state index >= 15 is 0 Å². The van der Waals surface area contributed by atoms with Crippen molar-refractivity contribution in [3.63, 3.8) is 0 Å². The van der Waals surface area contributed by atoms with Gasteiger partial charge in [0.1, 0.15) is 6.42 Å². The number of nitrogens with one attached hydrogen (secondary N) is 1. The van der Waals surface area contributed by atoms with Gasteiger partial charge in [-0.1, -0.05) is 29.8 Å². The van der Waals surface area contributed by atoms with Crippen molar-refractivity contribution in [3.05, 3.63) is 53.6 Å². The van der Waals surface area contributed by atoms with Crippen LogP contribution in [-0.2, 0) is 14.3 Å². The molecule has 0 aromatic heterocycles. The average Bonchev–Trinajstić information content (AvgIpc) is 2.55. The van der Waals surface area contributed by atoms with E-state index in [-0.39, 0.29) is 12.3 Å². The molecular formula is C17H17ClN2O3. The van der Waals surface area contributed by atoms with Crippen LogP contribution >= 0.6 is 11.6 Å². The molecule has 0 unspecified atom stereocenters. The van der Waals surface area contributed by atoms with Gasteiger partial charge in [0.25, 0.3) is 0 Å². The van der Waals surface area contributed by atoms with Gasteiger partial charge in [0.2, 0.25) is 5.91 Å². The van der Waals surface area contributed by atoms with Gasteiger partial charge in [-0.2, -0.15) is 0 Å². The number of halogens is 1. The zero-order valence-corrected chi connectivity index (χ0v) is 13.6. The van der Waals surface area contributed by atoms with Gasteiger partial charge in [-0.25, -0.2) is 0 Å². The summed E-state index contributed by atoms with van der Waals surface area (Å²) in [5, 5.41) is 3.76. The van der Waals surface area contributed by atoms with E-state index in [1.54, 1.807) is 25.2 Å². The number of rotatable bonds is 5. The van der Waals surface area contributed by atoms with E-state index < -0.39 is 5.97 Å². The van der Waals surface area contributed by atoms with Crippen molar-refractivity contribution < 1.29 is 14.3 Å². The first-order valence-electron chi connectivity index (χ1n) is 6.96. The number of hydrogen-bond donors (Lipinski definition) is 1. The minimum Gasteiger partial charge on any atom is -0.469 e. The van der Waals surface area contributed by atoms with E-state index in [9.17, 15) is 9.59 Å². The fourth-order valence-electron chi connectivity index (χ4n) is 2.03. The van der Waals surface area contributed by atoms with Crippen molar-refractivity contribution >= 4 is 40.5 Å². The van der Waals surface area contributed by atoms with Crippen molar-refractivity contribution in [3.8, 4) is 0 Å². The van der Waals surface area contributed by atoms with Crippen molar-refractivity contribution in [2.45, 2.75) is 6.42 Å². The van der Waals surface area contributed by atoms with E-state index in [2.05, 4.69) is 10.1 Å². The Balaban J connectivity index is 2.27. The van der Waals surface area contributed by atoms with Gasteiger partial charge in [-0.05, 0) is 30.3 Å². The van der Waals surface area contributed by atoms with Gasteiger partial charge in [-0.3, -0.25) is 9.59 Å². The SMILES string of the molecule is COC(=O)CC(=O)N(C)c1ccc(Cl)cc1Nc1ccccc1. The average molecular weight is 333 g/mol. The highest BCUT2D eigenvalue weighted by Gasteiger charge is 2.18. The second-order valence-corrected chi connectivity index (χ2v) is 5.29. The van der Waals surface area contributed by atoms with Crippen LogP contribution in [0.2, 0.25) is 5.02 Å². The normalized spacial score (nSPS) is 10.0. The molecule has 1 N–H and O–H groups in total. The third-order valence-corrected chi connectivity index (χ3v) is 3.51. The first kappa shape index (κ1) is 16.8. The van der Waals surface area contributed by atoms with Gasteiger partial charge in [0, 0.05) is 17.8 Å². The third kappa shape index (κ3) is 4.47. The zero-order valence-electron chi connectivity index (χ0n) is 12.9. The standard InChI is InChI=1S/C17H17ClN2O3/c1-20(16(21)11-17(22)23-2)15-9-8-12(18)10-14(15)19-13-6-4-3-5-7-13/h3-10,19H,11H2,1-2H3. The van der Waals surface area contributed by atoms with Gasteiger partial charge in [0.05, 0.1) is 18.5 Å². The molecule has 0 aliphatic carbocycles. The molecule has 0 saturated heterocycles. The van der Waals surface area contributed by atoms with E-state index in [1.807, 2.05) is 30.3 Å². The number of methoxy groups -OCH3 is 1. The minimum atomic E-state index is -0.576. The van der Waals surface area contributed by atoms with Crippen LogP contribution in [0.5, 0.6) is 0 Å². The summed E-state index contributed by atoms with van der Waals surface area (Å²) >= 11 is 6.06. The molecule has 0 heterocycles. The third-order valence-electron chi connectivity index (χ3n) is 3.27. The number of hydrogen-bond acceptors (Lipinski definition) is 4. The van der Waals surface area contributed by atoms with Crippen molar-refractivity contribution in [1.29, 1.82) is 0 Å². The number of amides is 1. The van der Waals surface area contributed by atoms with Crippen LogP contribution in [0.15, 0.2) is 48.5 Å². The van der Waals surface area contributed by atoms with E-state index in [0.29, 0.717) is 16.4 Å². The summed E-state index contributed by atoms with van der Waals surface area (Å²) in [5.41, 5.74) is 2.15. The Labute approximate surface area is 139 Å². The summed E-state index contributed by atoms with van der Waals surface area (Å²) in [4.78, 5) is 24.8. The predicted octanol–water partition coefficient (Wildman–Crippen LogP) is 3.61. The summed E-state index contributed by atoms with van der Waals surface area (Å²) in [6.07, 6.45) is -0.319. The lowest BCUT2D eigenvalue weighted by molar-refractivity contribution is -0.143. The maximum atomic E-state index is 12.2. The largest absolute Gasteiger partial charge is 0.469 e. The molecule has 0 aliphatic heterocycles. The number of para-hydroxylation sites is 1. The molecule has 6 heteroatoms. The molecule has 120 valence electrons. The molecule has 0 fully saturated rings. The first-order chi connectivity index (χ1) is 11.0. The lowest BCUT2D eigenvalue weighted by Crippen LogP contribution is -2.29. The molecule has 2 aromatic carbocycles. The maximum Gasteiger partial charge on any atom is 0.315 e. The highest BCUT2D eigenvalue weighted by molar-refractivity contribution is 6.31. The molecular weight excluding hydrogens is 316 g/mol. The molecule has 2 aromatic rings. The topological polar surface area (TPSA) is 58.6 Å². The van der Waals surface area contributed by atoms with Crippen LogP contribution < -0.4 is 10.2 Å². The number of carbonyl (C=O) groups excluding carboxylic acids is 2. The smallest absolute Gasteiger partial charge is 0.315 e. The Morgan fingerprint density at radius 3 is 2.52 bits per heavy atom. The number of esters is 1. The Hall–Kier alpha value is -2.53. The van der Waals surface area contributed by atoms with Crippen molar-refractivity contribution in [2.24, 2.45) is 0 Å². The minimum absolute atomic E-state index is 0.319. The molecule has 2 rings (SSSR count). The first-order valence-corrected chi connectivity index (χ1v) is 7.34. The molecule has 0 atom stereocenters. The van der Waals surface area contributed by atoms with Crippen molar-refractivity contribution in [2.75, 3.05) is 24.4 Å². The highest BCUT2D eigenvalue weighted by atomic mass is 35.5. The number of nitrogens with zero attached hydrogens (tertiary/aromatic N) is 1. The Morgan fingerprint density at radius 1 is 1.17 bits per heavy atom. The maximum absolute atomic E-state index is 12.2. The van der Waals surface area contributed by atoms with Gasteiger partial charge in [0.15, 0.2) is 0 Å². The molecule has 1 amide bonds. The summed E-state index contributed by atoms with van der Waals surface area (Å²) < 4.78 is 4.53. The Bertz CT molecular complexity index is 704. The molecule has 5 nitrogen and oxygen atoms in total. The molecule has 0 saturated carbocycles. The lowest BCUT2D eigenvalue weighted by atomic mass is 10.2. The van der Waals surface area contributed by atoms with Crippen LogP contribution in [0.4, 0.5) is 17.1 Å². The fourth-order valence-corrected chi connectivity index (χ4v) is 2.20. The summed E-state index contributed by atoms with van der Waals surface area (Å²) in [5.74, 6) is -0.941. The number of anilines is 3. The summed E-state index contributed by atoms with van der Waals surface area (Å²) in [7, 11) is 2.85. The highest BCUT2D eigenvalue weighted by Crippen LogP contribution is 2.31. The fraction of sp³-hybridized carbons (Fsp3) is 0.176. The number of carbonyl (C=O) groups is 2. The van der Waals surface area contributed by atoms with E-state index in [0.717, 1.165) is 5.69 Å². The molecule has 0 radical (unpaired) electrons. The second kappa shape index (κ2) is 7.65. The Kier molecular flexibility index (Phi) is 5.60. The zero-order chi connectivity index (χ0) is 16.8. The number of benzene rings is 2. The van der Waals surface area contributed by atoms with E-state index in [1.165, 1.54) is 12.0 Å². The Morgan fingerprint density at radius 2 is 1.87 bits per heavy atom. The van der Waals surface area contributed by atoms with Gasteiger partial charge in [-0.15, -0.1) is 0 Å². The van der Waals surface area contributed by atoms with Crippen LogP contribution in [-0.4, -0.2) is 26.0 Å². The van der Waals surface area contributed by atoms with E-state index in [4.69, 9.17) is 11.6 Å². The van der Waals surface area contributed by atoms with Crippen LogP contribution in [0, 0.1) is 0 Å². The summed E-state index contributed by atoms with van der Waals surface area (Å²) in [6, 6.07) is 14.7. The van der Waals surface area contributed by atoms with Crippen LogP contribution in [0.3, 0.4) is 0 Å². The van der Waals surface area contributed by atoms with Gasteiger partial charge >= 0.3 is 5.97 Å². The monoisotopic (exact) mass is 332 g/mol. The molecule has 23 heavy (non-hydrogen) atoms. The number of ether oxygens (including phenoxy) is 1. The quantitative estimate of drug-likeness (QED) is 0.671. The predicted molar refractivity (Wildman–Crippen MR) is 91.2 cm³/mol. The molecule has 0 bridgehead atoms. The van der Waals surface area contributed by atoms with Crippen LogP contribution in [0.25, 0.3) is 0 Å². The molecule has 0 aliphatic rings. The summed E-state index contributed by atoms with van der Waals surface area (Å²) in [6.45, 7) is 0. The van der Waals surface area contributed by atoms with Gasteiger partial charge < -0.3 is 15.0 Å². The molecule has 0 spiro atoms. The van der Waals surface area contributed by atoms with Crippen LogP contribution in [0.1, 0.15) is 6.42 Å². The van der Waals surface area contributed by atoms with Crippen molar-refractivity contribution in [1.82, 2.24) is 0 Å². The second-order valence-electron chi connectivity index (χ2n) is 4.86.